The lowest BCUT2D eigenvalue weighted by Crippen LogP contribution is -2.36. The quantitative estimate of drug-likeness (QED) is 0.593. The lowest BCUT2D eigenvalue weighted by Gasteiger charge is -2.24. The van der Waals surface area contributed by atoms with Gasteiger partial charge in [-0.1, -0.05) is 34.1 Å². The van der Waals surface area contributed by atoms with Gasteiger partial charge < -0.3 is 0 Å². The Morgan fingerprint density at radius 3 is 2.28 bits per heavy atom. The van der Waals surface area contributed by atoms with Crippen LogP contribution in [0.15, 0.2) is 41.8 Å². The zero-order valence-corrected chi connectivity index (χ0v) is 13.0. The Balaban J connectivity index is 3.13. The number of sulfonamides is 1. The number of alkyl halides is 1. The van der Waals surface area contributed by atoms with Crippen LogP contribution in [-0.2, 0) is 15.4 Å². The second-order valence-corrected chi connectivity index (χ2v) is 6.69. The Hall–Kier alpha value is -0.650. The minimum atomic E-state index is -3.44. The molecular formula is C13H18BrNO2S. The van der Waals surface area contributed by atoms with E-state index < -0.39 is 10.0 Å². The predicted molar refractivity (Wildman–Crippen MR) is 78.3 cm³/mol. The number of benzene rings is 1. The molecule has 0 saturated carbocycles. The van der Waals surface area contributed by atoms with Crippen LogP contribution in [0, 0.1) is 0 Å². The molecule has 0 aromatic heterocycles. The van der Waals surface area contributed by atoms with Crippen molar-refractivity contribution in [3.63, 3.8) is 0 Å². The molecule has 5 heteroatoms. The van der Waals surface area contributed by atoms with Crippen molar-refractivity contribution in [1.82, 2.24) is 4.31 Å². The van der Waals surface area contributed by atoms with E-state index in [0.29, 0.717) is 16.8 Å². The molecule has 0 aliphatic rings. The molecule has 1 aromatic carbocycles. The molecule has 0 unspecified atom stereocenters. The molecule has 0 aliphatic heterocycles. The molecule has 1 rings (SSSR count). The van der Waals surface area contributed by atoms with E-state index in [0.717, 1.165) is 5.56 Å². The maximum atomic E-state index is 12.4. The van der Waals surface area contributed by atoms with Gasteiger partial charge in [0.15, 0.2) is 0 Å². The van der Waals surface area contributed by atoms with Crippen LogP contribution in [0.2, 0.25) is 0 Å². The van der Waals surface area contributed by atoms with Gasteiger partial charge in [0.25, 0.3) is 0 Å². The van der Waals surface area contributed by atoms with Crippen molar-refractivity contribution < 1.29 is 8.42 Å². The average molecular weight is 332 g/mol. The van der Waals surface area contributed by atoms with E-state index >= 15 is 0 Å². The second kappa shape index (κ2) is 6.50. The van der Waals surface area contributed by atoms with E-state index in [2.05, 4.69) is 22.5 Å². The molecule has 0 spiro atoms. The highest BCUT2D eigenvalue weighted by Crippen LogP contribution is 2.19. The summed E-state index contributed by atoms with van der Waals surface area (Å²) in [6.07, 6.45) is 1.60. The topological polar surface area (TPSA) is 37.4 Å². The summed E-state index contributed by atoms with van der Waals surface area (Å²) in [4.78, 5) is 0.322. The van der Waals surface area contributed by atoms with Crippen molar-refractivity contribution in [1.29, 1.82) is 0 Å². The highest BCUT2D eigenvalue weighted by molar-refractivity contribution is 9.08. The third kappa shape index (κ3) is 3.43. The van der Waals surface area contributed by atoms with Crippen LogP contribution < -0.4 is 0 Å². The van der Waals surface area contributed by atoms with Gasteiger partial charge in [0, 0.05) is 17.9 Å². The first-order valence-electron chi connectivity index (χ1n) is 5.71. The highest BCUT2D eigenvalue weighted by Gasteiger charge is 2.25. The first kappa shape index (κ1) is 15.4. The standard InChI is InChI=1S/C13H18BrNO2S/c1-4-9-15(11(2)3)18(16,17)13-7-5-12(10-14)6-8-13/h4-8,11H,1,9-10H2,2-3H3. The van der Waals surface area contributed by atoms with Crippen molar-refractivity contribution in [3.05, 3.63) is 42.5 Å². The van der Waals surface area contributed by atoms with Gasteiger partial charge >= 0.3 is 0 Å². The lowest BCUT2D eigenvalue weighted by molar-refractivity contribution is 0.383. The molecule has 1 aromatic rings. The highest BCUT2D eigenvalue weighted by atomic mass is 79.9. The third-order valence-electron chi connectivity index (χ3n) is 2.57. The summed E-state index contributed by atoms with van der Waals surface area (Å²) < 4.78 is 26.3. The summed E-state index contributed by atoms with van der Waals surface area (Å²) in [7, 11) is -3.44. The summed E-state index contributed by atoms with van der Waals surface area (Å²) in [6.45, 7) is 7.63. The average Bonchev–Trinajstić information content (AvgIpc) is 2.35. The molecule has 0 saturated heterocycles. The fraction of sp³-hybridized carbons (Fsp3) is 0.385. The number of nitrogens with zero attached hydrogens (tertiary/aromatic N) is 1. The van der Waals surface area contributed by atoms with Gasteiger partial charge in [-0.25, -0.2) is 8.42 Å². The molecule has 0 fully saturated rings. The van der Waals surface area contributed by atoms with Gasteiger partial charge in [-0.15, -0.1) is 6.58 Å². The maximum Gasteiger partial charge on any atom is 0.243 e. The molecule has 18 heavy (non-hydrogen) atoms. The SMILES string of the molecule is C=CCN(C(C)C)S(=O)(=O)c1ccc(CBr)cc1. The maximum absolute atomic E-state index is 12.4. The Labute approximate surface area is 118 Å². The Morgan fingerprint density at radius 2 is 1.89 bits per heavy atom. The van der Waals surface area contributed by atoms with E-state index in [1.165, 1.54) is 4.31 Å². The normalized spacial score (nSPS) is 12.1. The second-order valence-electron chi connectivity index (χ2n) is 4.23. The molecule has 0 N–H and O–H groups in total. The Kier molecular flexibility index (Phi) is 5.56. The van der Waals surface area contributed by atoms with Gasteiger partial charge in [-0.3, -0.25) is 0 Å². The van der Waals surface area contributed by atoms with E-state index in [9.17, 15) is 8.42 Å². The van der Waals surface area contributed by atoms with Crippen molar-refractivity contribution in [2.24, 2.45) is 0 Å². The zero-order chi connectivity index (χ0) is 13.8. The van der Waals surface area contributed by atoms with Crippen LogP contribution >= 0.6 is 15.9 Å². The van der Waals surface area contributed by atoms with Crippen molar-refractivity contribution in [3.8, 4) is 0 Å². The molecule has 0 amide bonds. The van der Waals surface area contributed by atoms with Gasteiger partial charge in [0.2, 0.25) is 10.0 Å². The van der Waals surface area contributed by atoms with E-state index in [-0.39, 0.29) is 6.04 Å². The largest absolute Gasteiger partial charge is 0.243 e. The Bertz CT molecular complexity index is 494. The molecule has 0 heterocycles. The van der Waals surface area contributed by atoms with Crippen molar-refractivity contribution >= 4 is 26.0 Å². The van der Waals surface area contributed by atoms with E-state index in [1.807, 2.05) is 26.0 Å². The number of rotatable bonds is 6. The first-order chi connectivity index (χ1) is 8.43. The molecule has 0 atom stereocenters. The molecule has 3 nitrogen and oxygen atoms in total. The van der Waals surface area contributed by atoms with Crippen LogP contribution in [0.1, 0.15) is 19.4 Å². The summed E-state index contributed by atoms with van der Waals surface area (Å²) in [5, 5.41) is 0.716. The van der Waals surface area contributed by atoms with Crippen LogP contribution in [0.3, 0.4) is 0 Å². The third-order valence-corrected chi connectivity index (χ3v) is 5.27. The summed E-state index contributed by atoms with van der Waals surface area (Å²) in [5.41, 5.74) is 1.05. The summed E-state index contributed by atoms with van der Waals surface area (Å²) >= 11 is 3.34. The Morgan fingerprint density at radius 1 is 1.33 bits per heavy atom. The van der Waals surface area contributed by atoms with Crippen LogP contribution in [0.5, 0.6) is 0 Å². The number of halogens is 1. The van der Waals surface area contributed by atoms with E-state index in [1.54, 1.807) is 18.2 Å². The minimum Gasteiger partial charge on any atom is -0.207 e. The fourth-order valence-electron chi connectivity index (χ4n) is 1.60. The summed E-state index contributed by atoms with van der Waals surface area (Å²) in [5.74, 6) is 0. The first-order valence-corrected chi connectivity index (χ1v) is 8.27. The van der Waals surface area contributed by atoms with Gasteiger partial charge in [-0.2, -0.15) is 4.31 Å². The van der Waals surface area contributed by atoms with Gasteiger partial charge in [-0.05, 0) is 31.5 Å². The summed E-state index contributed by atoms with van der Waals surface area (Å²) in [6, 6.07) is 6.82. The molecule has 0 radical (unpaired) electrons. The fourth-order valence-corrected chi connectivity index (χ4v) is 3.58. The van der Waals surface area contributed by atoms with Crippen LogP contribution in [0.4, 0.5) is 0 Å². The smallest absolute Gasteiger partial charge is 0.207 e. The molecule has 0 bridgehead atoms. The zero-order valence-electron chi connectivity index (χ0n) is 10.6. The van der Waals surface area contributed by atoms with E-state index in [4.69, 9.17) is 0 Å². The minimum absolute atomic E-state index is 0.0937. The van der Waals surface area contributed by atoms with Crippen LogP contribution in [0.25, 0.3) is 0 Å². The molecule has 0 aliphatic carbocycles. The molecular weight excluding hydrogens is 314 g/mol. The molecule has 100 valence electrons. The van der Waals surface area contributed by atoms with Gasteiger partial charge in [0.05, 0.1) is 4.90 Å². The predicted octanol–water partition coefficient (Wildman–Crippen LogP) is 3.17. The number of hydrogen-bond acceptors (Lipinski definition) is 2. The lowest BCUT2D eigenvalue weighted by atomic mass is 10.2. The number of hydrogen-bond donors (Lipinski definition) is 0. The van der Waals surface area contributed by atoms with Crippen molar-refractivity contribution in [2.45, 2.75) is 30.1 Å². The monoisotopic (exact) mass is 331 g/mol. The van der Waals surface area contributed by atoms with Gasteiger partial charge in [0.1, 0.15) is 0 Å². The van der Waals surface area contributed by atoms with Crippen molar-refractivity contribution in [2.75, 3.05) is 6.54 Å². The van der Waals surface area contributed by atoms with Crippen LogP contribution in [-0.4, -0.2) is 25.3 Å².